The molecule has 0 aromatic heterocycles. The monoisotopic (exact) mass is 330 g/mol. The van der Waals surface area contributed by atoms with Crippen molar-refractivity contribution in [3.63, 3.8) is 0 Å². The van der Waals surface area contributed by atoms with Gasteiger partial charge in [0.25, 0.3) is 5.91 Å². The quantitative estimate of drug-likeness (QED) is 0.840. The van der Waals surface area contributed by atoms with Crippen LogP contribution in [0.5, 0.6) is 0 Å². The maximum absolute atomic E-state index is 12.7. The number of methoxy groups -OCH3 is 1. The fourth-order valence-corrected chi connectivity index (χ4v) is 4.39. The highest BCUT2D eigenvalue weighted by molar-refractivity contribution is 5.95. The van der Waals surface area contributed by atoms with Gasteiger partial charge in [0.1, 0.15) is 0 Å². The molecule has 5 nitrogen and oxygen atoms in total. The molecule has 4 atom stereocenters. The molecule has 1 N–H and O–H groups in total. The zero-order chi connectivity index (χ0) is 17.3. The molecule has 2 aliphatic rings. The summed E-state index contributed by atoms with van der Waals surface area (Å²) in [6, 6.07) is 7.59. The summed E-state index contributed by atoms with van der Waals surface area (Å²) in [4.78, 5) is 26.9. The topological polar surface area (TPSA) is 58.6 Å². The van der Waals surface area contributed by atoms with Gasteiger partial charge < -0.3 is 15.0 Å². The molecule has 0 heterocycles. The summed E-state index contributed by atoms with van der Waals surface area (Å²) >= 11 is 0. The van der Waals surface area contributed by atoms with Crippen LogP contribution >= 0.6 is 0 Å². The van der Waals surface area contributed by atoms with Crippen molar-refractivity contribution in [1.29, 1.82) is 0 Å². The van der Waals surface area contributed by atoms with E-state index in [2.05, 4.69) is 10.2 Å². The number of benzene rings is 1. The van der Waals surface area contributed by atoms with Gasteiger partial charge in [0.15, 0.2) is 0 Å². The van der Waals surface area contributed by atoms with Crippen molar-refractivity contribution in [3.8, 4) is 0 Å². The molecule has 2 saturated carbocycles. The zero-order valence-electron chi connectivity index (χ0n) is 14.6. The SMILES string of the molecule is COC(=O)C1C2CCC(C2)C1NC(=O)c1cccc(CN(C)C)c1. The number of hydrogen-bond donors (Lipinski definition) is 1. The first kappa shape index (κ1) is 17.0. The zero-order valence-corrected chi connectivity index (χ0v) is 14.6. The summed E-state index contributed by atoms with van der Waals surface area (Å²) < 4.78 is 4.97. The Morgan fingerprint density at radius 3 is 2.71 bits per heavy atom. The number of amides is 1. The van der Waals surface area contributed by atoms with Crippen molar-refractivity contribution in [2.24, 2.45) is 17.8 Å². The van der Waals surface area contributed by atoms with Crippen LogP contribution in [-0.4, -0.2) is 44.0 Å². The van der Waals surface area contributed by atoms with Gasteiger partial charge in [-0.25, -0.2) is 0 Å². The van der Waals surface area contributed by atoms with E-state index >= 15 is 0 Å². The van der Waals surface area contributed by atoms with Crippen LogP contribution in [0.1, 0.15) is 35.2 Å². The molecule has 130 valence electrons. The molecule has 0 spiro atoms. The molecule has 0 saturated heterocycles. The molecule has 2 aliphatic carbocycles. The highest BCUT2D eigenvalue weighted by Gasteiger charge is 2.52. The molecule has 4 unspecified atom stereocenters. The first-order valence-electron chi connectivity index (χ1n) is 8.62. The normalized spacial score (nSPS) is 28.2. The molecule has 3 rings (SSSR count). The van der Waals surface area contributed by atoms with Crippen LogP contribution in [0.4, 0.5) is 0 Å². The first-order valence-corrected chi connectivity index (χ1v) is 8.62. The van der Waals surface area contributed by atoms with Crippen molar-refractivity contribution < 1.29 is 14.3 Å². The Balaban J connectivity index is 1.73. The standard InChI is InChI=1S/C19H26N2O3/c1-21(2)11-12-5-4-6-15(9-12)18(22)20-17-14-8-7-13(10-14)16(17)19(23)24-3/h4-6,9,13-14,16-17H,7-8,10-11H2,1-3H3,(H,20,22). The van der Waals surface area contributed by atoms with Gasteiger partial charge in [-0.3, -0.25) is 9.59 Å². The third-order valence-corrected chi connectivity index (χ3v) is 5.38. The second-order valence-corrected chi connectivity index (χ2v) is 7.32. The van der Waals surface area contributed by atoms with Crippen LogP contribution in [0.25, 0.3) is 0 Å². The molecule has 2 fully saturated rings. The number of nitrogens with zero attached hydrogens (tertiary/aromatic N) is 1. The third kappa shape index (κ3) is 3.31. The van der Waals surface area contributed by atoms with Crippen LogP contribution in [0.15, 0.2) is 24.3 Å². The molecular formula is C19H26N2O3. The van der Waals surface area contributed by atoms with Gasteiger partial charge >= 0.3 is 5.97 Å². The number of rotatable bonds is 5. The number of fused-ring (bicyclic) bond motifs is 2. The third-order valence-electron chi connectivity index (χ3n) is 5.38. The molecule has 2 bridgehead atoms. The van der Waals surface area contributed by atoms with E-state index in [1.807, 2.05) is 38.4 Å². The molecule has 1 aromatic carbocycles. The minimum atomic E-state index is -0.192. The molecular weight excluding hydrogens is 304 g/mol. The Kier molecular flexibility index (Phi) is 4.90. The summed E-state index contributed by atoms with van der Waals surface area (Å²) in [7, 11) is 5.43. The average molecular weight is 330 g/mol. The van der Waals surface area contributed by atoms with E-state index in [9.17, 15) is 9.59 Å². The van der Waals surface area contributed by atoms with Crippen molar-refractivity contribution in [3.05, 3.63) is 35.4 Å². The Hall–Kier alpha value is -1.88. The van der Waals surface area contributed by atoms with Crippen molar-refractivity contribution in [2.75, 3.05) is 21.2 Å². The molecule has 5 heteroatoms. The van der Waals surface area contributed by atoms with Gasteiger partial charge in [-0.15, -0.1) is 0 Å². The van der Waals surface area contributed by atoms with Gasteiger partial charge in [-0.1, -0.05) is 12.1 Å². The van der Waals surface area contributed by atoms with E-state index in [4.69, 9.17) is 4.74 Å². The molecule has 1 amide bonds. The van der Waals surface area contributed by atoms with Crippen LogP contribution in [-0.2, 0) is 16.1 Å². The van der Waals surface area contributed by atoms with Crippen LogP contribution in [0, 0.1) is 17.8 Å². The fourth-order valence-electron chi connectivity index (χ4n) is 4.39. The lowest BCUT2D eigenvalue weighted by atomic mass is 9.84. The summed E-state index contributed by atoms with van der Waals surface area (Å²) in [6.07, 6.45) is 3.17. The lowest BCUT2D eigenvalue weighted by Gasteiger charge is -2.29. The van der Waals surface area contributed by atoms with E-state index < -0.39 is 0 Å². The lowest BCUT2D eigenvalue weighted by Crippen LogP contribution is -2.47. The van der Waals surface area contributed by atoms with Crippen LogP contribution in [0.2, 0.25) is 0 Å². The number of esters is 1. The second kappa shape index (κ2) is 6.93. The fraction of sp³-hybridized carbons (Fsp3) is 0.579. The van der Waals surface area contributed by atoms with E-state index in [0.29, 0.717) is 17.4 Å². The van der Waals surface area contributed by atoms with Gasteiger partial charge in [-0.05, 0) is 62.9 Å². The van der Waals surface area contributed by atoms with E-state index in [-0.39, 0.29) is 23.8 Å². The predicted molar refractivity (Wildman–Crippen MR) is 91.4 cm³/mol. The Morgan fingerprint density at radius 1 is 1.25 bits per heavy atom. The number of carbonyl (C=O) groups is 2. The highest BCUT2D eigenvalue weighted by atomic mass is 16.5. The van der Waals surface area contributed by atoms with Gasteiger partial charge in [0.2, 0.25) is 0 Å². The number of hydrogen-bond acceptors (Lipinski definition) is 4. The highest BCUT2D eigenvalue weighted by Crippen LogP contribution is 2.49. The van der Waals surface area contributed by atoms with Gasteiger partial charge in [0.05, 0.1) is 13.0 Å². The summed E-state index contributed by atoms with van der Waals surface area (Å²) in [5, 5.41) is 3.12. The number of carbonyl (C=O) groups excluding carboxylic acids is 2. The summed E-state index contributed by atoms with van der Waals surface area (Å²) in [6.45, 7) is 0.792. The van der Waals surface area contributed by atoms with Crippen molar-refractivity contribution >= 4 is 11.9 Å². The average Bonchev–Trinajstić information content (AvgIpc) is 3.15. The first-order chi connectivity index (χ1) is 11.5. The Morgan fingerprint density at radius 2 is 2.00 bits per heavy atom. The summed E-state index contributed by atoms with van der Waals surface area (Å²) in [5.41, 5.74) is 1.76. The smallest absolute Gasteiger partial charge is 0.311 e. The Bertz CT molecular complexity index is 629. The second-order valence-electron chi connectivity index (χ2n) is 7.32. The molecule has 0 aliphatic heterocycles. The minimum absolute atomic E-state index is 0.0953. The number of nitrogens with one attached hydrogen (secondary N) is 1. The Labute approximate surface area is 143 Å². The molecule has 0 radical (unpaired) electrons. The van der Waals surface area contributed by atoms with E-state index in [1.54, 1.807) is 0 Å². The molecule has 24 heavy (non-hydrogen) atoms. The maximum atomic E-state index is 12.7. The maximum Gasteiger partial charge on any atom is 0.311 e. The van der Waals surface area contributed by atoms with Crippen molar-refractivity contribution in [1.82, 2.24) is 10.2 Å². The van der Waals surface area contributed by atoms with E-state index in [1.165, 1.54) is 7.11 Å². The summed E-state index contributed by atoms with van der Waals surface area (Å²) in [5.74, 6) is 0.277. The largest absolute Gasteiger partial charge is 0.469 e. The van der Waals surface area contributed by atoms with Crippen LogP contribution < -0.4 is 5.32 Å². The predicted octanol–water partition coefficient (Wildman–Crippen LogP) is 2.07. The number of ether oxygens (including phenoxy) is 1. The lowest BCUT2D eigenvalue weighted by molar-refractivity contribution is -0.148. The molecule has 1 aromatic rings. The minimum Gasteiger partial charge on any atom is -0.469 e. The van der Waals surface area contributed by atoms with E-state index in [0.717, 1.165) is 31.4 Å². The van der Waals surface area contributed by atoms with Crippen molar-refractivity contribution in [2.45, 2.75) is 31.8 Å². The van der Waals surface area contributed by atoms with Gasteiger partial charge in [0, 0.05) is 18.2 Å². The van der Waals surface area contributed by atoms with Crippen LogP contribution in [0.3, 0.4) is 0 Å². The van der Waals surface area contributed by atoms with Gasteiger partial charge in [-0.2, -0.15) is 0 Å².